The van der Waals surface area contributed by atoms with Crippen molar-refractivity contribution in [2.24, 2.45) is 0 Å². The van der Waals surface area contributed by atoms with Gasteiger partial charge < -0.3 is 20.8 Å². The van der Waals surface area contributed by atoms with Crippen LogP contribution in [0.15, 0.2) is 66.7 Å². The molecule has 0 heterocycles. The van der Waals surface area contributed by atoms with Crippen LogP contribution in [0.5, 0.6) is 0 Å². The van der Waals surface area contributed by atoms with Crippen LogP contribution in [0.4, 0.5) is 29.3 Å². The summed E-state index contributed by atoms with van der Waals surface area (Å²) in [6, 6.07) is 15.3. The highest BCUT2D eigenvalue weighted by molar-refractivity contribution is 6.06. The number of hydrogen-bond acceptors (Lipinski definition) is 4. The van der Waals surface area contributed by atoms with Gasteiger partial charge in [-0.25, -0.2) is 4.79 Å². The monoisotopic (exact) mass is 498 g/mol. The molecule has 10 heteroatoms. The molecular weight excluding hydrogens is 477 g/mol. The number of carboxylic acids is 1. The van der Waals surface area contributed by atoms with Crippen molar-refractivity contribution in [3.8, 4) is 11.1 Å². The topological polar surface area (TPSA) is 116 Å². The summed E-state index contributed by atoms with van der Waals surface area (Å²) in [5.74, 6) is -1.85. The van der Waals surface area contributed by atoms with Crippen LogP contribution in [0.3, 0.4) is 0 Å². The van der Waals surface area contributed by atoms with Crippen molar-refractivity contribution in [3.63, 3.8) is 0 Å². The number of carbonyl (C=O) groups is 3. The van der Waals surface area contributed by atoms with Crippen LogP contribution in [0, 0.1) is 0 Å². The van der Waals surface area contributed by atoms with Gasteiger partial charge in [0, 0.05) is 16.9 Å². The number of aliphatic hydroxyl groups is 1. The van der Waals surface area contributed by atoms with Crippen LogP contribution in [-0.4, -0.2) is 33.6 Å². The van der Waals surface area contributed by atoms with Crippen LogP contribution in [0.25, 0.3) is 11.1 Å². The van der Waals surface area contributed by atoms with Crippen LogP contribution in [-0.2, 0) is 17.4 Å². The predicted octanol–water partition coefficient (Wildman–Crippen LogP) is 5.35. The van der Waals surface area contributed by atoms with E-state index in [-0.39, 0.29) is 12.1 Å². The summed E-state index contributed by atoms with van der Waals surface area (Å²) >= 11 is 0. The molecule has 0 fully saturated rings. The lowest BCUT2D eigenvalue weighted by Gasteiger charge is -2.30. The molecule has 0 aliphatic heterocycles. The molecule has 1 atom stereocenters. The lowest BCUT2D eigenvalue weighted by atomic mass is 9.77. The molecule has 1 aliphatic carbocycles. The second-order valence-electron chi connectivity index (χ2n) is 8.54. The number of ketones is 1. The zero-order valence-corrected chi connectivity index (χ0v) is 18.7. The van der Waals surface area contributed by atoms with Gasteiger partial charge in [0.2, 0.25) is 0 Å². The number of carbonyl (C=O) groups excluding carboxylic acids is 2. The molecule has 0 saturated carbocycles. The fourth-order valence-electron chi connectivity index (χ4n) is 4.14. The highest BCUT2D eigenvalue weighted by atomic mass is 19.4. The van der Waals surface area contributed by atoms with Crippen molar-refractivity contribution in [1.29, 1.82) is 0 Å². The van der Waals surface area contributed by atoms with Crippen molar-refractivity contribution < 1.29 is 37.8 Å². The molecule has 4 N–H and O–H groups in total. The molecule has 4 rings (SSSR count). The minimum atomic E-state index is -4.52. The SMILES string of the molecule is O=C(O)CC1(O)CCc2cc(-c3ccc(NC(=O)Nc4cccc(C(F)(F)F)c4)cc3)ccc2C1=O. The first-order valence-corrected chi connectivity index (χ1v) is 10.9. The second kappa shape index (κ2) is 9.46. The molecule has 2 amide bonds. The van der Waals surface area contributed by atoms with Crippen molar-refractivity contribution in [1.82, 2.24) is 0 Å². The number of benzene rings is 3. The number of fused-ring (bicyclic) bond motifs is 1. The van der Waals surface area contributed by atoms with Crippen LogP contribution < -0.4 is 10.6 Å². The zero-order valence-electron chi connectivity index (χ0n) is 18.7. The number of aliphatic carboxylic acids is 1. The van der Waals surface area contributed by atoms with Gasteiger partial charge in [0.05, 0.1) is 12.0 Å². The third-order valence-corrected chi connectivity index (χ3v) is 5.95. The molecule has 7 nitrogen and oxygen atoms in total. The average molecular weight is 498 g/mol. The molecule has 0 bridgehead atoms. The first-order valence-electron chi connectivity index (χ1n) is 10.9. The van der Waals surface area contributed by atoms with E-state index in [1.807, 2.05) is 0 Å². The van der Waals surface area contributed by atoms with Crippen LogP contribution >= 0.6 is 0 Å². The fraction of sp³-hybridized carbons (Fsp3) is 0.192. The lowest BCUT2D eigenvalue weighted by Crippen LogP contribution is -2.44. The van der Waals surface area contributed by atoms with Gasteiger partial charge in [-0.3, -0.25) is 9.59 Å². The van der Waals surface area contributed by atoms with E-state index < -0.39 is 41.5 Å². The van der Waals surface area contributed by atoms with Gasteiger partial charge in [-0.1, -0.05) is 36.4 Å². The third-order valence-electron chi connectivity index (χ3n) is 5.95. The highest BCUT2D eigenvalue weighted by Crippen LogP contribution is 2.34. The maximum absolute atomic E-state index is 12.8. The van der Waals surface area contributed by atoms with Crippen molar-refractivity contribution in [3.05, 3.63) is 83.4 Å². The van der Waals surface area contributed by atoms with Gasteiger partial charge in [0.25, 0.3) is 0 Å². The first kappa shape index (κ1) is 24.9. The van der Waals surface area contributed by atoms with E-state index in [1.165, 1.54) is 12.1 Å². The molecule has 0 aromatic heterocycles. The Balaban J connectivity index is 1.44. The number of anilines is 2. The average Bonchev–Trinajstić information content (AvgIpc) is 2.81. The van der Waals surface area contributed by atoms with E-state index >= 15 is 0 Å². The second-order valence-corrected chi connectivity index (χ2v) is 8.54. The zero-order chi connectivity index (χ0) is 26.1. The number of halogens is 3. The first-order chi connectivity index (χ1) is 16.9. The maximum Gasteiger partial charge on any atom is 0.416 e. The molecule has 36 heavy (non-hydrogen) atoms. The highest BCUT2D eigenvalue weighted by Gasteiger charge is 2.42. The Hall–Kier alpha value is -4.18. The summed E-state index contributed by atoms with van der Waals surface area (Å²) in [4.78, 5) is 35.9. The molecule has 0 spiro atoms. The molecule has 0 radical (unpaired) electrons. The number of urea groups is 1. The fourth-order valence-corrected chi connectivity index (χ4v) is 4.14. The molecule has 0 saturated heterocycles. The Morgan fingerprint density at radius 2 is 1.58 bits per heavy atom. The van der Waals surface area contributed by atoms with Gasteiger partial charge in [0.15, 0.2) is 5.78 Å². The smallest absolute Gasteiger partial charge is 0.416 e. The normalized spacial score (nSPS) is 17.3. The van der Waals surface area contributed by atoms with E-state index in [0.29, 0.717) is 23.2 Å². The Morgan fingerprint density at radius 3 is 2.25 bits per heavy atom. The Bertz CT molecular complexity index is 1340. The summed E-state index contributed by atoms with van der Waals surface area (Å²) in [5, 5.41) is 24.4. The molecule has 1 aliphatic rings. The number of Topliss-reactive ketones (excluding diaryl/α,β-unsaturated/α-hetero) is 1. The van der Waals surface area contributed by atoms with E-state index in [4.69, 9.17) is 5.11 Å². The van der Waals surface area contributed by atoms with Crippen LogP contribution in [0.2, 0.25) is 0 Å². The summed E-state index contributed by atoms with van der Waals surface area (Å²) in [7, 11) is 0. The number of alkyl halides is 3. The Labute approximate surface area is 203 Å². The quantitative estimate of drug-likeness (QED) is 0.379. The van der Waals surface area contributed by atoms with Crippen molar-refractivity contribution in [2.75, 3.05) is 10.6 Å². The van der Waals surface area contributed by atoms with E-state index in [2.05, 4.69) is 10.6 Å². The minimum absolute atomic E-state index is 0.00203. The Kier molecular flexibility index (Phi) is 6.55. The summed E-state index contributed by atoms with van der Waals surface area (Å²) in [6.45, 7) is 0. The third kappa shape index (κ3) is 5.38. The number of amides is 2. The molecule has 3 aromatic carbocycles. The largest absolute Gasteiger partial charge is 0.481 e. The standard InChI is InChI=1S/C26H21F3N2O5/c27-26(28,29)18-2-1-3-20(13-18)31-24(35)30-19-7-4-15(5-8-19)16-6-9-21-17(12-16)10-11-25(36,23(21)34)14-22(32)33/h1-9,12-13,36H,10-11,14H2,(H,32,33)(H2,30,31,35). The van der Waals surface area contributed by atoms with Crippen LogP contribution in [0.1, 0.15) is 34.3 Å². The Morgan fingerprint density at radius 1 is 0.917 bits per heavy atom. The van der Waals surface area contributed by atoms with Gasteiger partial charge in [-0.15, -0.1) is 0 Å². The van der Waals surface area contributed by atoms with E-state index in [0.717, 1.165) is 23.3 Å². The predicted molar refractivity (Wildman–Crippen MR) is 126 cm³/mol. The van der Waals surface area contributed by atoms with Gasteiger partial charge in [-0.05, 0) is 59.9 Å². The van der Waals surface area contributed by atoms with E-state index in [9.17, 15) is 32.7 Å². The van der Waals surface area contributed by atoms with E-state index in [1.54, 1.807) is 42.5 Å². The molecule has 186 valence electrons. The summed E-state index contributed by atoms with van der Waals surface area (Å²) in [5.41, 5.74) is 0.178. The van der Waals surface area contributed by atoms with Gasteiger partial charge >= 0.3 is 18.2 Å². The minimum Gasteiger partial charge on any atom is -0.481 e. The number of hydrogen-bond donors (Lipinski definition) is 4. The number of nitrogens with one attached hydrogen (secondary N) is 2. The number of carboxylic acid groups (broad SMARTS) is 1. The van der Waals surface area contributed by atoms with Crippen molar-refractivity contribution >= 4 is 29.2 Å². The maximum atomic E-state index is 12.8. The lowest BCUT2D eigenvalue weighted by molar-refractivity contribution is -0.141. The van der Waals surface area contributed by atoms with Gasteiger partial charge in [0.1, 0.15) is 5.60 Å². The molecule has 3 aromatic rings. The molecule has 1 unspecified atom stereocenters. The summed E-state index contributed by atoms with van der Waals surface area (Å²) < 4.78 is 38.5. The summed E-state index contributed by atoms with van der Waals surface area (Å²) in [6.07, 6.45) is -4.82. The molecular formula is C26H21F3N2O5. The van der Waals surface area contributed by atoms with Crippen molar-refractivity contribution in [2.45, 2.75) is 31.0 Å². The number of rotatable bonds is 5. The number of aryl methyl sites for hydroxylation is 1. The van der Waals surface area contributed by atoms with Gasteiger partial charge in [-0.2, -0.15) is 13.2 Å².